The van der Waals surface area contributed by atoms with E-state index >= 15 is 0 Å². The zero-order valence-corrected chi connectivity index (χ0v) is 12.2. The lowest BCUT2D eigenvalue weighted by Crippen LogP contribution is -2.07. The molecule has 7 heteroatoms. The molecule has 0 unspecified atom stereocenters. The van der Waals surface area contributed by atoms with Crippen molar-refractivity contribution in [3.8, 4) is 11.5 Å². The molecule has 5 nitrogen and oxygen atoms in total. The summed E-state index contributed by atoms with van der Waals surface area (Å²) in [5.41, 5.74) is 0.954. The fourth-order valence-corrected chi connectivity index (χ4v) is 2.01. The standard InChI is InChI=1S/C17H11F2N3O2/c18-14-2-1-3-15(19)13(14)8-9-16(23)21-12-6-4-11(5-7-12)17-22-20-10-24-17/h1-10H,(H,21,23)/b9-8-. The lowest BCUT2D eigenvalue weighted by atomic mass is 10.2. The van der Waals surface area contributed by atoms with Crippen molar-refractivity contribution in [1.82, 2.24) is 10.2 Å². The summed E-state index contributed by atoms with van der Waals surface area (Å²) >= 11 is 0. The normalized spacial score (nSPS) is 10.9. The Kier molecular flexibility index (Phi) is 4.42. The molecule has 1 heterocycles. The van der Waals surface area contributed by atoms with Crippen molar-refractivity contribution in [2.45, 2.75) is 0 Å². The molecule has 0 fully saturated rings. The second-order valence-corrected chi connectivity index (χ2v) is 4.78. The second kappa shape index (κ2) is 6.82. The van der Waals surface area contributed by atoms with E-state index < -0.39 is 17.5 Å². The van der Waals surface area contributed by atoms with E-state index in [2.05, 4.69) is 15.5 Å². The van der Waals surface area contributed by atoms with Crippen LogP contribution in [0.15, 0.2) is 59.4 Å². The molecule has 1 amide bonds. The van der Waals surface area contributed by atoms with Crippen molar-refractivity contribution >= 4 is 17.7 Å². The molecule has 0 aliphatic carbocycles. The van der Waals surface area contributed by atoms with Crippen LogP contribution in [0.5, 0.6) is 0 Å². The Hall–Kier alpha value is -3.35. The summed E-state index contributed by atoms with van der Waals surface area (Å²) in [5.74, 6) is -1.61. The average molecular weight is 327 g/mol. The molecule has 120 valence electrons. The smallest absolute Gasteiger partial charge is 0.248 e. The van der Waals surface area contributed by atoms with Crippen molar-refractivity contribution in [2.75, 3.05) is 5.32 Å². The van der Waals surface area contributed by atoms with Gasteiger partial charge in [-0.3, -0.25) is 4.79 Å². The van der Waals surface area contributed by atoms with E-state index in [4.69, 9.17) is 4.42 Å². The summed E-state index contributed by atoms with van der Waals surface area (Å²) in [6.45, 7) is 0. The summed E-state index contributed by atoms with van der Waals surface area (Å²) in [5, 5.41) is 9.94. The Morgan fingerprint density at radius 3 is 2.42 bits per heavy atom. The third-order valence-corrected chi connectivity index (χ3v) is 3.16. The average Bonchev–Trinajstić information content (AvgIpc) is 3.09. The SMILES string of the molecule is O=C(/C=C\c1c(F)cccc1F)Nc1ccc(-c2nnco2)cc1. The van der Waals surface area contributed by atoms with Gasteiger partial charge in [0.25, 0.3) is 0 Å². The highest BCUT2D eigenvalue weighted by Gasteiger charge is 2.06. The van der Waals surface area contributed by atoms with E-state index in [1.165, 1.54) is 12.5 Å². The van der Waals surface area contributed by atoms with Crippen LogP contribution in [0.1, 0.15) is 5.56 Å². The molecule has 0 aliphatic heterocycles. The molecule has 0 aliphatic rings. The predicted octanol–water partition coefficient (Wildman–Crippen LogP) is 3.67. The molecule has 1 N–H and O–H groups in total. The van der Waals surface area contributed by atoms with Crippen molar-refractivity contribution in [2.24, 2.45) is 0 Å². The highest BCUT2D eigenvalue weighted by molar-refractivity contribution is 6.02. The molecule has 2 aromatic carbocycles. The van der Waals surface area contributed by atoms with E-state index in [-0.39, 0.29) is 5.56 Å². The quantitative estimate of drug-likeness (QED) is 0.743. The summed E-state index contributed by atoms with van der Waals surface area (Å²) in [6.07, 6.45) is 3.37. The monoisotopic (exact) mass is 327 g/mol. The van der Waals surface area contributed by atoms with Gasteiger partial charge < -0.3 is 9.73 Å². The number of amides is 1. The lowest BCUT2D eigenvalue weighted by molar-refractivity contribution is -0.111. The summed E-state index contributed by atoms with van der Waals surface area (Å²) in [6, 6.07) is 10.2. The molecule has 3 aromatic rings. The molecule has 1 aromatic heterocycles. The van der Waals surface area contributed by atoms with E-state index in [0.29, 0.717) is 17.1 Å². The number of hydrogen-bond donors (Lipinski definition) is 1. The van der Waals surface area contributed by atoms with Gasteiger partial charge in [0, 0.05) is 22.9 Å². The van der Waals surface area contributed by atoms with Gasteiger partial charge in [0.15, 0.2) is 0 Å². The molecule has 0 saturated carbocycles. The Labute approximate surface area is 135 Å². The maximum atomic E-state index is 13.5. The van der Waals surface area contributed by atoms with Crippen LogP contribution in [-0.4, -0.2) is 16.1 Å². The molecule has 3 rings (SSSR count). The number of nitrogens with one attached hydrogen (secondary N) is 1. The van der Waals surface area contributed by atoms with E-state index in [1.807, 2.05) is 0 Å². The Morgan fingerprint density at radius 1 is 1.08 bits per heavy atom. The fourth-order valence-electron chi connectivity index (χ4n) is 2.01. The van der Waals surface area contributed by atoms with Crippen LogP contribution in [0.3, 0.4) is 0 Å². The molecular formula is C17H11F2N3O2. The zero-order valence-electron chi connectivity index (χ0n) is 12.2. The number of halogens is 2. The minimum absolute atomic E-state index is 0.264. The highest BCUT2D eigenvalue weighted by Crippen LogP contribution is 2.19. The van der Waals surface area contributed by atoms with Crippen LogP contribution < -0.4 is 5.32 Å². The van der Waals surface area contributed by atoms with Crippen LogP contribution in [0.25, 0.3) is 17.5 Å². The first-order valence-electron chi connectivity index (χ1n) is 6.93. The number of carbonyl (C=O) groups excluding carboxylic acids is 1. The van der Waals surface area contributed by atoms with Gasteiger partial charge in [-0.05, 0) is 42.5 Å². The second-order valence-electron chi connectivity index (χ2n) is 4.78. The van der Waals surface area contributed by atoms with Crippen LogP contribution in [0, 0.1) is 11.6 Å². The van der Waals surface area contributed by atoms with Crippen molar-refractivity contribution in [3.63, 3.8) is 0 Å². The van der Waals surface area contributed by atoms with Crippen molar-refractivity contribution in [3.05, 3.63) is 72.1 Å². The van der Waals surface area contributed by atoms with Gasteiger partial charge >= 0.3 is 0 Å². The van der Waals surface area contributed by atoms with Crippen LogP contribution in [0.2, 0.25) is 0 Å². The summed E-state index contributed by atoms with van der Waals surface area (Å²) < 4.78 is 32.0. The van der Waals surface area contributed by atoms with Crippen LogP contribution >= 0.6 is 0 Å². The lowest BCUT2D eigenvalue weighted by Gasteiger charge is -2.03. The number of hydrogen-bond acceptors (Lipinski definition) is 4. The van der Waals surface area contributed by atoms with Crippen LogP contribution in [-0.2, 0) is 4.79 Å². The topological polar surface area (TPSA) is 68.0 Å². The van der Waals surface area contributed by atoms with Gasteiger partial charge in [-0.15, -0.1) is 10.2 Å². The number of benzene rings is 2. The predicted molar refractivity (Wildman–Crippen MR) is 83.8 cm³/mol. The highest BCUT2D eigenvalue weighted by atomic mass is 19.1. The van der Waals surface area contributed by atoms with Gasteiger partial charge in [-0.2, -0.15) is 0 Å². The number of nitrogens with zero attached hydrogens (tertiary/aromatic N) is 2. The van der Waals surface area contributed by atoms with Crippen molar-refractivity contribution < 1.29 is 18.0 Å². The van der Waals surface area contributed by atoms with Crippen LogP contribution in [0.4, 0.5) is 14.5 Å². The molecule has 0 bridgehead atoms. The minimum Gasteiger partial charge on any atom is -0.423 e. The fraction of sp³-hybridized carbons (Fsp3) is 0. The van der Waals surface area contributed by atoms with E-state index in [1.54, 1.807) is 24.3 Å². The molecule has 0 atom stereocenters. The first-order chi connectivity index (χ1) is 11.6. The number of anilines is 1. The number of carbonyl (C=O) groups is 1. The number of aromatic nitrogens is 2. The van der Waals surface area contributed by atoms with Gasteiger partial charge in [0.05, 0.1) is 0 Å². The maximum absolute atomic E-state index is 13.5. The van der Waals surface area contributed by atoms with Crippen molar-refractivity contribution in [1.29, 1.82) is 0 Å². The molecule has 24 heavy (non-hydrogen) atoms. The molecular weight excluding hydrogens is 316 g/mol. The van der Waals surface area contributed by atoms with Gasteiger partial charge in [-0.25, -0.2) is 8.78 Å². The van der Waals surface area contributed by atoms with E-state index in [0.717, 1.165) is 24.3 Å². The van der Waals surface area contributed by atoms with Gasteiger partial charge in [0.1, 0.15) is 11.6 Å². The third-order valence-electron chi connectivity index (χ3n) is 3.16. The Bertz CT molecular complexity index is 855. The summed E-state index contributed by atoms with van der Waals surface area (Å²) in [4.78, 5) is 11.8. The van der Waals surface area contributed by atoms with Gasteiger partial charge in [-0.1, -0.05) is 6.07 Å². The molecule has 0 saturated heterocycles. The Balaban J connectivity index is 1.68. The third kappa shape index (κ3) is 3.52. The largest absolute Gasteiger partial charge is 0.423 e. The van der Waals surface area contributed by atoms with E-state index in [9.17, 15) is 13.6 Å². The first kappa shape index (κ1) is 15.5. The zero-order chi connectivity index (χ0) is 16.9. The number of rotatable bonds is 4. The first-order valence-corrected chi connectivity index (χ1v) is 6.93. The maximum Gasteiger partial charge on any atom is 0.248 e. The van der Waals surface area contributed by atoms with Gasteiger partial charge in [0.2, 0.25) is 18.2 Å². The summed E-state index contributed by atoms with van der Waals surface area (Å²) in [7, 11) is 0. The molecule has 0 spiro atoms. The molecule has 0 radical (unpaired) electrons. The minimum atomic E-state index is -0.733. The Morgan fingerprint density at radius 2 is 1.79 bits per heavy atom.